The summed E-state index contributed by atoms with van der Waals surface area (Å²) in [7, 11) is -2.64. The van der Waals surface area contributed by atoms with E-state index in [9.17, 15) is 13.9 Å². The molecule has 0 radical (unpaired) electrons. The number of hydrogen-bond donors (Lipinski definition) is 1. The van der Waals surface area contributed by atoms with E-state index >= 15 is 0 Å². The fourth-order valence-corrected chi connectivity index (χ4v) is 4.92. The van der Waals surface area contributed by atoms with Gasteiger partial charge in [0, 0.05) is 11.6 Å². The lowest BCUT2D eigenvalue weighted by molar-refractivity contribution is 0.0726. The summed E-state index contributed by atoms with van der Waals surface area (Å²) in [4.78, 5) is 18.6. The van der Waals surface area contributed by atoms with Crippen LogP contribution in [0.3, 0.4) is 0 Å². The molecule has 0 aliphatic carbocycles. The standard InChI is InChI=1S/C18H20ClN3O5S/c1-26-15-5-4-11(19)7-16(15)28(24,25)21-12-8-14-17(20-9-12)27-10-13-3-2-6-22(13)18(14)23/h4-5,7-9,13,21,24-25H,2-3,6,10H2,1H3/p-2/t13-/m0/s1. The zero-order chi connectivity index (χ0) is 19.9. The van der Waals surface area contributed by atoms with Crippen molar-refractivity contribution in [1.29, 1.82) is 0 Å². The van der Waals surface area contributed by atoms with Gasteiger partial charge in [-0.2, -0.15) is 0 Å². The summed E-state index contributed by atoms with van der Waals surface area (Å²) >= 11 is 5.94. The number of pyridine rings is 1. The number of rotatable bonds is 4. The van der Waals surface area contributed by atoms with Crippen molar-refractivity contribution in [2.24, 2.45) is 0 Å². The summed E-state index contributed by atoms with van der Waals surface area (Å²) in [5.74, 6) is 0.158. The van der Waals surface area contributed by atoms with Crippen LogP contribution in [0.15, 0.2) is 35.4 Å². The lowest BCUT2D eigenvalue weighted by atomic mass is 10.2. The molecular formula is C18H18ClN3O5S-2. The maximum atomic E-state index is 12.8. The van der Waals surface area contributed by atoms with Crippen LogP contribution in [0.5, 0.6) is 11.6 Å². The van der Waals surface area contributed by atoms with Gasteiger partial charge in [-0.3, -0.25) is 4.79 Å². The van der Waals surface area contributed by atoms with Crippen molar-refractivity contribution in [3.05, 3.63) is 41.0 Å². The van der Waals surface area contributed by atoms with Crippen molar-refractivity contribution in [3.63, 3.8) is 0 Å². The molecule has 2 aliphatic heterocycles. The zero-order valence-electron chi connectivity index (χ0n) is 15.0. The van der Waals surface area contributed by atoms with Crippen LogP contribution in [-0.4, -0.2) is 51.2 Å². The van der Waals surface area contributed by atoms with Crippen LogP contribution in [0.4, 0.5) is 5.69 Å². The number of sulfonamides is 1. The predicted molar refractivity (Wildman–Crippen MR) is 103 cm³/mol. The van der Waals surface area contributed by atoms with Crippen LogP contribution in [0, 0.1) is 0 Å². The van der Waals surface area contributed by atoms with Gasteiger partial charge >= 0.3 is 0 Å². The Hall–Kier alpha value is -2.20. The van der Waals surface area contributed by atoms with E-state index in [1.165, 1.54) is 37.6 Å². The number of nitrogens with one attached hydrogen (secondary N) is 1. The van der Waals surface area contributed by atoms with Crippen LogP contribution in [0.2, 0.25) is 5.02 Å². The normalized spacial score (nSPS) is 19.4. The van der Waals surface area contributed by atoms with Gasteiger partial charge in [0.05, 0.1) is 29.9 Å². The number of aromatic nitrogens is 1. The second kappa shape index (κ2) is 7.32. The van der Waals surface area contributed by atoms with E-state index in [0.717, 1.165) is 12.8 Å². The molecule has 1 amide bonds. The maximum absolute atomic E-state index is 12.8. The highest BCUT2D eigenvalue weighted by Crippen LogP contribution is 2.52. The zero-order valence-corrected chi connectivity index (χ0v) is 16.6. The lowest BCUT2D eigenvalue weighted by Crippen LogP contribution is -2.36. The SMILES string of the molecule is COc1ccc(Cl)cc1S([O-])([O-])Nc1cnc2c(c1)C(=O)N1CCC[C@H]1CO2. The molecule has 1 saturated heterocycles. The molecule has 0 bridgehead atoms. The smallest absolute Gasteiger partial charge is 0.259 e. The Balaban J connectivity index is 1.65. The summed E-state index contributed by atoms with van der Waals surface area (Å²) in [6.07, 6.45) is 3.12. The Labute approximate surface area is 168 Å². The van der Waals surface area contributed by atoms with Crippen molar-refractivity contribution in [1.82, 2.24) is 9.88 Å². The summed E-state index contributed by atoms with van der Waals surface area (Å²) in [5.41, 5.74) is 0.387. The van der Waals surface area contributed by atoms with Gasteiger partial charge in [0.25, 0.3) is 5.91 Å². The fourth-order valence-electron chi connectivity index (χ4n) is 3.45. The number of fused-ring (bicyclic) bond motifs is 2. The van der Waals surface area contributed by atoms with E-state index in [0.29, 0.717) is 13.2 Å². The van der Waals surface area contributed by atoms with Crippen LogP contribution >= 0.6 is 22.4 Å². The first kappa shape index (κ1) is 19.1. The summed E-state index contributed by atoms with van der Waals surface area (Å²) in [6.45, 7) is 1.04. The first-order valence-corrected chi connectivity index (χ1v) is 10.6. The third-order valence-electron chi connectivity index (χ3n) is 4.80. The molecule has 10 heteroatoms. The number of ether oxygens (including phenoxy) is 2. The van der Waals surface area contributed by atoms with Crippen molar-refractivity contribution in [2.75, 3.05) is 25.0 Å². The van der Waals surface area contributed by atoms with Crippen molar-refractivity contribution >= 4 is 34.0 Å². The highest BCUT2D eigenvalue weighted by molar-refractivity contribution is 8.25. The van der Waals surface area contributed by atoms with Crippen LogP contribution in [0.25, 0.3) is 0 Å². The molecule has 8 nitrogen and oxygen atoms in total. The molecule has 0 unspecified atom stereocenters. The lowest BCUT2D eigenvalue weighted by Gasteiger charge is -2.60. The number of methoxy groups -OCH3 is 1. The van der Waals surface area contributed by atoms with E-state index in [2.05, 4.69) is 9.71 Å². The number of amides is 1. The third kappa shape index (κ3) is 3.46. The summed E-state index contributed by atoms with van der Waals surface area (Å²) in [5, 5.41) is 0.255. The number of benzene rings is 1. The molecule has 1 atom stereocenters. The summed E-state index contributed by atoms with van der Waals surface area (Å²) in [6, 6.07) is 5.77. The van der Waals surface area contributed by atoms with Gasteiger partial charge in [0.2, 0.25) is 5.88 Å². The molecule has 1 N–H and O–H groups in total. The molecule has 1 aromatic heterocycles. The van der Waals surface area contributed by atoms with E-state index in [1.807, 2.05) is 0 Å². The molecule has 3 heterocycles. The van der Waals surface area contributed by atoms with E-state index in [1.54, 1.807) is 4.90 Å². The van der Waals surface area contributed by atoms with Crippen molar-refractivity contribution in [3.8, 4) is 11.6 Å². The minimum atomic E-state index is -4.01. The number of anilines is 1. The number of carbonyl (C=O) groups is 1. The minimum absolute atomic E-state index is 0.0255. The number of carbonyl (C=O) groups excluding carboxylic acids is 1. The Morgan fingerprint density at radius 1 is 1.39 bits per heavy atom. The van der Waals surface area contributed by atoms with Gasteiger partial charge in [-0.1, -0.05) is 11.6 Å². The first-order valence-electron chi connectivity index (χ1n) is 8.69. The molecule has 1 fully saturated rings. The predicted octanol–water partition coefficient (Wildman–Crippen LogP) is 3.19. The van der Waals surface area contributed by atoms with Crippen molar-refractivity contribution in [2.45, 2.75) is 23.8 Å². The molecule has 2 aliphatic rings. The minimum Gasteiger partial charge on any atom is -0.779 e. The molecule has 150 valence electrons. The molecule has 2 aromatic rings. The molecule has 0 spiro atoms. The van der Waals surface area contributed by atoms with Gasteiger partial charge in [-0.05, 0) is 37.1 Å². The quantitative estimate of drug-likeness (QED) is 0.803. The molecule has 0 saturated carbocycles. The first-order chi connectivity index (χ1) is 13.4. The third-order valence-corrected chi connectivity index (χ3v) is 6.44. The molecule has 4 rings (SSSR count). The Bertz CT molecular complexity index is 926. The number of halogens is 1. The van der Waals surface area contributed by atoms with Gasteiger partial charge in [0.1, 0.15) is 17.9 Å². The molecule has 1 aromatic carbocycles. The highest BCUT2D eigenvalue weighted by Gasteiger charge is 2.35. The Morgan fingerprint density at radius 3 is 3.00 bits per heavy atom. The summed E-state index contributed by atoms with van der Waals surface area (Å²) < 4.78 is 38.9. The van der Waals surface area contributed by atoms with Crippen LogP contribution in [-0.2, 0) is 0 Å². The van der Waals surface area contributed by atoms with Gasteiger partial charge in [-0.25, -0.2) is 4.98 Å². The largest absolute Gasteiger partial charge is 0.779 e. The monoisotopic (exact) mass is 423 g/mol. The van der Waals surface area contributed by atoms with Gasteiger partial charge in [-0.15, -0.1) is 0 Å². The van der Waals surface area contributed by atoms with Crippen LogP contribution < -0.4 is 14.2 Å². The topological polar surface area (TPSA) is 110 Å². The van der Waals surface area contributed by atoms with E-state index in [4.69, 9.17) is 21.1 Å². The second-order valence-corrected chi connectivity index (χ2v) is 8.67. The number of nitrogens with zero attached hydrogens (tertiary/aromatic N) is 2. The van der Waals surface area contributed by atoms with Crippen molar-refractivity contribution < 1.29 is 23.4 Å². The average Bonchev–Trinajstić information content (AvgIpc) is 3.10. The number of hydrogen-bond acceptors (Lipinski definition) is 7. The van der Waals surface area contributed by atoms with Gasteiger partial charge < -0.3 is 39.0 Å². The molecular weight excluding hydrogens is 406 g/mol. The van der Waals surface area contributed by atoms with E-state index < -0.39 is 10.8 Å². The molecule has 28 heavy (non-hydrogen) atoms. The van der Waals surface area contributed by atoms with E-state index in [-0.39, 0.29) is 44.7 Å². The highest BCUT2D eigenvalue weighted by atomic mass is 35.5. The Kier molecular flexibility index (Phi) is 5.00. The average molecular weight is 424 g/mol. The fraction of sp³-hybridized carbons (Fsp3) is 0.333. The van der Waals surface area contributed by atoms with Crippen LogP contribution in [0.1, 0.15) is 23.2 Å². The second-order valence-electron chi connectivity index (χ2n) is 6.58. The Morgan fingerprint density at radius 2 is 2.21 bits per heavy atom. The maximum Gasteiger partial charge on any atom is 0.259 e. The van der Waals surface area contributed by atoms with Gasteiger partial charge in [0.15, 0.2) is 0 Å².